The molecule has 144 valence electrons. The van der Waals surface area contributed by atoms with E-state index < -0.39 is 47.5 Å². The predicted octanol–water partition coefficient (Wildman–Crippen LogP) is 0.921. The second-order valence-electron chi connectivity index (χ2n) is 5.94. The van der Waals surface area contributed by atoms with Crippen molar-refractivity contribution >= 4 is 48.5 Å². The van der Waals surface area contributed by atoms with E-state index in [1.54, 1.807) is 6.92 Å². The van der Waals surface area contributed by atoms with Crippen molar-refractivity contribution < 1.29 is 35.5 Å². The van der Waals surface area contributed by atoms with E-state index in [-0.39, 0.29) is 28.4 Å². The molecular weight excluding hydrogens is 400 g/mol. The number of anilines is 1. The van der Waals surface area contributed by atoms with Crippen LogP contribution in [0.3, 0.4) is 0 Å². The number of hydrogen-bond acceptors (Lipinski definition) is 7. The number of nitrogens with two attached hydrogens (primary N) is 1. The highest BCUT2D eigenvalue weighted by Gasteiger charge is 2.36. The molecule has 3 rings (SSSR count). The predicted molar refractivity (Wildman–Crippen MR) is 93.6 cm³/mol. The summed E-state index contributed by atoms with van der Waals surface area (Å²) in [5.41, 5.74) is 4.77. The fraction of sp³-hybridized carbons (Fsp3) is 0.200. The average Bonchev–Trinajstić information content (AvgIpc) is 2.55. The number of carbonyl (C=O) groups excluding carboxylic acids is 2. The van der Waals surface area contributed by atoms with E-state index in [4.69, 9.17) is 5.73 Å². The molecule has 2 aromatic carbocycles. The van der Waals surface area contributed by atoms with E-state index in [2.05, 4.69) is 0 Å². The lowest BCUT2D eigenvalue weighted by Crippen LogP contribution is -2.41. The van der Waals surface area contributed by atoms with Crippen molar-refractivity contribution in [2.24, 2.45) is 0 Å². The number of imide groups is 1. The van der Waals surface area contributed by atoms with Crippen LogP contribution in [0.2, 0.25) is 0 Å². The van der Waals surface area contributed by atoms with Gasteiger partial charge in [-0.2, -0.15) is 16.8 Å². The summed E-state index contributed by atoms with van der Waals surface area (Å²) in [6.45, 7) is 1.70. The average molecular weight is 414 g/mol. The quantitative estimate of drug-likeness (QED) is 0.373. The molecule has 0 atom stereocenters. The molecule has 0 aromatic heterocycles. The first kappa shape index (κ1) is 19.2. The zero-order valence-corrected chi connectivity index (χ0v) is 15.5. The monoisotopic (exact) mass is 414 g/mol. The lowest BCUT2D eigenvalue weighted by Gasteiger charge is -2.28. The molecule has 0 fully saturated rings. The molecule has 0 saturated heterocycles. The van der Waals surface area contributed by atoms with E-state index >= 15 is 0 Å². The molecule has 0 spiro atoms. The highest BCUT2D eigenvalue weighted by molar-refractivity contribution is 7.86. The second-order valence-corrected chi connectivity index (χ2v) is 8.75. The van der Waals surface area contributed by atoms with Gasteiger partial charge in [0.15, 0.2) is 0 Å². The second kappa shape index (κ2) is 5.99. The first-order chi connectivity index (χ1) is 12.4. The molecule has 0 unspecified atom stereocenters. The maximum Gasteiger partial charge on any atom is 0.296 e. The Balaban J connectivity index is 2.57. The minimum absolute atomic E-state index is 0.000285. The summed E-state index contributed by atoms with van der Waals surface area (Å²) in [6.07, 6.45) is 0.397. The molecule has 1 aliphatic heterocycles. The standard InChI is InChI=1S/C15H14N2O8S2/c1-2-3-17-14(18)9-5-7(26(20,21)22)4-8-12(9)10(15(17)19)6-11(13(8)16)27(23,24)25/h4-6H,2-3,16H2,1H3,(H,20,21,22)(H,23,24,25). The van der Waals surface area contributed by atoms with Crippen molar-refractivity contribution in [3.05, 3.63) is 29.3 Å². The maximum absolute atomic E-state index is 12.7. The number of nitrogen functional groups attached to an aromatic ring is 1. The molecule has 1 aliphatic rings. The third kappa shape index (κ3) is 2.96. The number of nitrogens with zero attached hydrogens (tertiary/aromatic N) is 1. The van der Waals surface area contributed by atoms with Crippen LogP contribution in [-0.2, 0) is 20.2 Å². The molecule has 4 N–H and O–H groups in total. The Bertz CT molecular complexity index is 1210. The van der Waals surface area contributed by atoms with Crippen LogP contribution in [0.1, 0.15) is 34.1 Å². The van der Waals surface area contributed by atoms with E-state index in [1.165, 1.54) is 0 Å². The van der Waals surface area contributed by atoms with Crippen LogP contribution in [-0.4, -0.2) is 49.2 Å². The normalized spacial score (nSPS) is 14.9. The summed E-state index contributed by atoms with van der Waals surface area (Å²) >= 11 is 0. The Morgan fingerprint density at radius 2 is 1.52 bits per heavy atom. The molecule has 0 radical (unpaired) electrons. The van der Waals surface area contributed by atoms with Crippen LogP contribution in [0, 0.1) is 0 Å². The van der Waals surface area contributed by atoms with Crippen molar-refractivity contribution in [3.63, 3.8) is 0 Å². The number of amides is 2. The fourth-order valence-electron chi connectivity index (χ4n) is 3.04. The summed E-state index contributed by atoms with van der Waals surface area (Å²) in [5.74, 6) is -1.60. The first-order valence-electron chi connectivity index (χ1n) is 7.59. The molecule has 0 bridgehead atoms. The highest BCUT2D eigenvalue weighted by Crippen LogP contribution is 2.38. The van der Waals surface area contributed by atoms with Crippen LogP contribution in [0.25, 0.3) is 10.8 Å². The Morgan fingerprint density at radius 3 is 2.00 bits per heavy atom. The van der Waals surface area contributed by atoms with Gasteiger partial charge in [0, 0.05) is 17.3 Å². The van der Waals surface area contributed by atoms with Gasteiger partial charge in [-0.3, -0.25) is 23.6 Å². The van der Waals surface area contributed by atoms with E-state index in [0.717, 1.165) is 23.1 Å². The van der Waals surface area contributed by atoms with Crippen LogP contribution < -0.4 is 5.73 Å². The highest BCUT2D eigenvalue weighted by atomic mass is 32.2. The number of benzene rings is 2. The Morgan fingerprint density at radius 1 is 0.963 bits per heavy atom. The van der Waals surface area contributed by atoms with Gasteiger partial charge in [0.05, 0.1) is 21.7 Å². The third-order valence-electron chi connectivity index (χ3n) is 4.19. The van der Waals surface area contributed by atoms with Gasteiger partial charge in [0.25, 0.3) is 32.1 Å². The van der Waals surface area contributed by atoms with Crippen molar-refractivity contribution in [1.29, 1.82) is 0 Å². The van der Waals surface area contributed by atoms with Crippen LogP contribution in [0.5, 0.6) is 0 Å². The van der Waals surface area contributed by atoms with Crippen LogP contribution in [0.15, 0.2) is 28.0 Å². The van der Waals surface area contributed by atoms with Crippen molar-refractivity contribution in [2.45, 2.75) is 23.1 Å². The smallest absolute Gasteiger partial charge is 0.296 e. The van der Waals surface area contributed by atoms with Gasteiger partial charge in [-0.1, -0.05) is 6.92 Å². The molecule has 27 heavy (non-hydrogen) atoms. The van der Waals surface area contributed by atoms with Crippen LogP contribution >= 0.6 is 0 Å². The summed E-state index contributed by atoms with van der Waals surface area (Å²) in [4.78, 5) is 24.7. The van der Waals surface area contributed by atoms with Gasteiger partial charge in [-0.25, -0.2) is 0 Å². The van der Waals surface area contributed by atoms with Crippen molar-refractivity contribution in [2.75, 3.05) is 12.3 Å². The molecule has 10 nitrogen and oxygen atoms in total. The Kier molecular flexibility index (Phi) is 4.26. The summed E-state index contributed by atoms with van der Waals surface area (Å²) in [5, 5.41) is -0.308. The third-order valence-corrected chi connectivity index (χ3v) is 5.91. The van der Waals surface area contributed by atoms with Crippen molar-refractivity contribution in [3.8, 4) is 0 Å². The molecule has 2 amide bonds. The van der Waals surface area contributed by atoms with E-state index in [1.807, 2.05) is 0 Å². The van der Waals surface area contributed by atoms with Gasteiger partial charge in [-0.15, -0.1) is 0 Å². The van der Waals surface area contributed by atoms with Gasteiger partial charge in [-0.05, 0) is 24.6 Å². The Labute approximate surface area is 154 Å². The van der Waals surface area contributed by atoms with Gasteiger partial charge in [0.1, 0.15) is 4.90 Å². The van der Waals surface area contributed by atoms with Gasteiger partial charge < -0.3 is 5.73 Å². The zero-order valence-electron chi connectivity index (χ0n) is 13.8. The summed E-state index contributed by atoms with van der Waals surface area (Å²) < 4.78 is 65.2. The largest absolute Gasteiger partial charge is 0.397 e. The molecule has 0 aliphatic carbocycles. The topological polar surface area (TPSA) is 172 Å². The number of rotatable bonds is 4. The van der Waals surface area contributed by atoms with Crippen LogP contribution in [0.4, 0.5) is 5.69 Å². The van der Waals surface area contributed by atoms with Gasteiger partial charge >= 0.3 is 0 Å². The van der Waals surface area contributed by atoms with Gasteiger partial charge in [0.2, 0.25) is 0 Å². The number of hydrogen-bond donors (Lipinski definition) is 3. The zero-order chi connectivity index (χ0) is 20.3. The van der Waals surface area contributed by atoms with E-state index in [0.29, 0.717) is 6.42 Å². The fourth-order valence-corrected chi connectivity index (χ4v) is 4.23. The molecule has 0 saturated carbocycles. The van der Waals surface area contributed by atoms with E-state index in [9.17, 15) is 35.5 Å². The first-order valence-corrected chi connectivity index (χ1v) is 10.5. The Hall–Kier alpha value is -2.54. The molecule has 2 aromatic rings. The van der Waals surface area contributed by atoms with Crippen molar-refractivity contribution in [1.82, 2.24) is 4.90 Å². The lowest BCUT2D eigenvalue weighted by molar-refractivity contribution is 0.0610. The number of carbonyl (C=O) groups is 2. The summed E-state index contributed by atoms with van der Waals surface area (Å²) in [6, 6.07) is 2.59. The minimum Gasteiger partial charge on any atom is -0.397 e. The molecule has 1 heterocycles. The minimum atomic E-state index is -4.85. The molecular formula is C15H14N2O8S2. The summed E-state index contributed by atoms with van der Waals surface area (Å²) in [7, 11) is -9.62. The lowest BCUT2D eigenvalue weighted by atomic mass is 9.93. The molecule has 12 heteroatoms. The maximum atomic E-state index is 12.7. The SMILES string of the molecule is CCCN1C(=O)c2cc(S(=O)(=O)O)cc3c(N)c(S(=O)(=O)O)cc(c23)C1=O.